The Labute approximate surface area is 141 Å². The summed E-state index contributed by atoms with van der Waals surface area (Å²) in [5.41, 5.74) is 1.88. The standard InChI is InChI=1S/C16H23N5OS/c1-5-6-14-18-16(20-19-14)23-11(2)15(22)17-12-7-9-13(10-8-12)21(3)4/h7-11H,5-6H2,1-4H3,(H,17,22)(H,18,19,20). The lowest BCUT2D eigenvalue weighted by molar-refractivity contribution is -0.115. The third-order valence-electron chi connectivity index (χ3n) is 3.30. The molecule has 1 heterocycles. The molecule has 1 aromatic carbocycles. The number of hydrogen-bond donors (Lipinski definition) is 2. The van der Waals surface area contributed by atoms with Gasteiger partial charge in [0.2, 0.25) is 11.1 Å². The molecule has 124 valence electrons. The van der Waals surface area contributed by atoms with Crippen LogP contribution in [0.1, 0.15) is 26.1 Å². The summed E-state index contributed by atoms with van der Waals surface area (Å²) in [4.78, 5) is 18.6. The molecular formula is C16H23N5OS. The van der Waals surface area contributed by atoms with Gasteiger partial charge in [0, 0.05) is 31.9 Å². The van der Waals surface area contributed by atoms with Gasteiger partial charge in [-0.15, -0.1) is 5.10 Å². The SMILES string of the molecule is CCCc1nc(SC(C)C(=O)Nc2ccc(N(C)C)cc2)n[nH]1. The number of benzene rings is 1. The summed E-state index contributed by atoms with van der Waals surface area (Å²) in [7, 11) is 3.96. The Morgan fingerprint density at radius 3 is 2.65 bits per heavy atom. The van der Waals surface area contributed by atoms with E-state index in [1.165, 1.54) is 11.8 Å². The van der Waals surface area contributed by atoms with Crippen molar-refractivity contribution in [3.63, 3.8) is 0 Å². The van der Waals surface area contributed by atoms with Crippen molar-refractivity contribution in [3.05, 3.63) is 30.1 Å². The minimum absolute atomic E-state index is 0.0607. The van der Waals surface area contributed by atoms with Crippen molar-refractivity contribution in [2.45, 2.75) is 37.1 Å². The fourth-order valence-electron chi connectivity index (χ4n) is 1.98. The van der Waals surface area contributed by atoms with Crippen molar-refractivity contribution < 1.29 is 4.79 Å². The van der Waals surface area contributed by atoms with E-state index in [9.17, 15) is 4.79 Å². The molecule has 0 saturated carbocycles. The molecular weight excluding hydrogens is 310 g/mol. The minimum atomic E-state index is -0.270. The molecule has 0 aliphatic heterocycles. The predicted molar refractivity (Wildman–Crippen MR) is 95.1 cm³/mol. The molecule has 1 unspecified atom stereocenters. The van der Waals surface area contributed by atoms with Crippen LogP contribution in [0.3, 0.4) is 0 Å². The van der Waals surface area contributed by atoms with Gasteiger partial charge in [-0.2, -0.15) is 0 Å². The van der Waals surface area contributed by atoms with Crippen LogP contribution < -0.4 is 10.2 Å². The summed E-state index contributed by atoms with van der Waals surface area (Å²) in [6.07, 6.45) is 1.88. The number of nitrogens with zero attached hydrogens (tertiary/aromatic N) is 3. The van der Waals surface area contributed by atoms with E-state index in [4.69, 9.17) is 0 Å². The fraction of sp³-hybridized carbons (Fsp3) is 0.438. The lowest BCUT2D eigenvalue weighted by Gasteiger charge is -2.14. The second-order valence-electron chi connectivity index (χ2n) is 5.51. The lowest BCUT2D eigenvalue weighted by atomic mass is 10.2. The van der Waals surface area contributed by atoms with E-state index in [1.54, 1.807) is 0 Å². The highest BCUT2D eigenvalue weighted by atomic mass is 32.2. The first-order valence-electron chi connectivity index (χ1n) is 7.65. The smallest absolute Gasteiger partial charge is 0.237 e. The molecule has 0 spiro atoms. The number of H-pyrrole nitrogens is 1. The van der Waals surface area contributed by atoms with Gasteiger partial charge in [0.25, 0.3) is 0 Å². The molecule has 0 saturated heterocycles. The molecule has 0 aliphatic carbocycles. The summed E-state index contributed by atoms with van der Waals surface area (Å²) in [5, 5.41) is 10.3. The molecule has 23 heavy (non-hydrogen) atoms. The number of thioether (sulfide) groups is 1. The van der Waals surface area contributed by atoms with E-state index < -0.39 is 0 Å². The number of hydrogen-bond acceptors (Lipinski definition) is 5. The third-order valence-corrected chi connectivity index (χ3v) is 4.26. The molecule has 2 N–H and O–H groups in total. The molecule has 0 bridgehead atoms. The highest BCUT2D eigenvalue weighted by Crippen LogP contribution is 2.21. The first-order chi connectivity index (χ1) is 11.0. The zero-order valence-electron chi connectivity index (χ0n) is 14.0. The Bertz CT molecular complexity index is 638. The van der Waals surface area contributed by atoms with Crippen LogP contribution in [0.15, 0.2) is 29.4 Å². The van der Waals surface area contributed by atoms with Gasteiger partial charge < -0.3 is 10.2 Å². The fourth-order valence-corrected chi connectivity index (χ4v) is 2.72. The number of anilines is 2. The Morgan fingerprint density at radius 1 is 1.35 bits per heavy atom. The highest BCUT2D eigenvalue weighted by Gasteiger charge is 2.17. The van der Waals surface area contributed by atoms with Crippen molar-refractivity contribution in [3.8, 4) is 0 Å². The van der Waals surface area contributed by atoms with E-state index in [-0.39, 0.29) is 11.2 Å². The van der Waals surface area contributed by atoms with Crippen LogP contribution in [0.2, 0.25) is 0 Å². The second kappa shape index (κ2) is 8.01. The molecule has 0 aliphatic rings. The van der Waals surface area contributed by atoms with Crippen LogP contribution in [0, 0.1) is 0 Å². The summed E-state index contributed by atoms with van der Waals surface area (Å²) in [6, 6.07) is 7.74. The average Bonchev–Trinajstić information content (AvgIpc) is 2.95. The molecule has 2 aromatic rings. The monoisotopic (exact) mass is 333 g/mol. The van der Waals surface area contributed by atoms with Gasteiger partial charge in [0.15, 0.2) is 0 Å². The maximum atomic E-state index is 12.3. The zero-order valence-corrected chi connectivity index (χ0v) is 14.8. The van der Waals surface area contributed by atoms with Crippen LogP contribution in [-0.2, 0) is 11.2 Å². The van der Waals surface area contributed by atoms with Crippen molar-refractivity contribution in [2.75, 3.05) is 24.3 Å². The number of aryl methyl sites for hydroxylation is 1. The van der Waals surface area contributed by atoms with Crippen LogP contribution in [0.5, 0.6) is 0 Å². The number of aromatic amines is 1. The van der Waals surface area contributed by atoms with Crippen molar-refractivity contribution in [2.24, 2.45) is 0 Å². The van der Waals surface area contributed by atoms with Gasteiger partial charge in [0.1, 0.15) is 5.82 Å². The maximum absolute atomic E-state index is 12.3. The van der Waals surface area contributed by atoms with E-state index in [1.807, 2.05) is 50.2 Å². The molecule has 1 aromatic heterocycles. The van der Waals surface area contributed by atoms with Gasteiger partial charge in [-0.05, 0) is 37.6 Å². The Morgan fingerprint density at radius 2 is 2.04 bits per heavy atom. The van der Waals surface area contributed by atoms with E-state index in [0.717, 1.165) is 30.0 Å². The van der Waals surface area contributed by atoms with E-state index >= 15 is 0 Å². The Hall–Kier alpha value is -2.02. The van der Waals surface area contributed by atoms with Crippen LogP contribution >= 0.6 is 11.8 Å². The van der Waals surface area contributed by atoms with Gasteiger partial charge in [-0.25, -0.2) is 4.98 Å². The first-order valence-corrected chi connectivity index (χ1v) is 8.53. The average molecular weight is 333 g/mol. The number of nitrogens with one attached hydrogen (secondary N) is 2. The van der Waals surface area contributed by atoms with Gasteiger partial charge >= 0.3 is 0 Å². The molecule has 1 amide bonds. The minimum Gasteiger partial charge on any atom is -0.378 e. The van der Waals surface area contributed by atoms with Crippen LogP contribution in [0.25, 0.3) is 0 Å². The highest BCUT2D eigenvalue weighted by molar-refractivity contribution is 8.00. The summed E-state index contributed by atoms with van der Waals surface area (Å²) in [6.45, 7) is 3.94. The zero-order chi connectivity index (χ0) is 16.8. The topological polar surface area (TPSA) is 73.9 Å². The second-order valence-corrected chi connectivity index (χ2v) is 6.81. The number of carbonyl (C=O) groups excluding carboxylic acids is 1. The summed E-state index contributed by atoms with van der Waals surface area (Å²) in [5.74, 6) is 0.802. The molecule has 2 rings (SSSR count). The van der Waals surface area contributed by atoms with Gasteiger partial charge in [0.05, 0.1) is 5.25 Å². The molecule has 1 atom stereocenters. The van der Waals surface area contributed by atoms with E-state index in [2.05, 4.69) is 27.4 Å². The lowest BCUT2D eigenvalue weighted by Crippen LogP contribution is -2.22. The quantitative estimate of drug-likeness (QED) is 0.762. The van der Waals surface area contributed by atoms with Crippen LogP contribution in [-0.4, -0.2) is 40.4 Å². The first kappa shape index (κ1) is 17.3. The number of carbonyl (C=O) groups is 1. The van der Waals surface area contributed by atoms with Crippen molar-refractivity contribution in [1.82, 2.24) is 15.2 Å². The van der Waals surface area contributed by atoms with Crippen molar-refractivity contribution in [1.29, 1.82) is 0 Å². The summed E-state index contributed by atoms with van der Waals surface area (Å²) < 4.78 is 0. The predicted octanol–water partition coefficient (Wildman–Crippen LogP) is 2.94. The molecule has 6 nitrogen and oxygen atoms in total. The maximum Gasteiger partial charge on any atom is 0.237 e. The number of amides is 1. The Balaban J connectivity index is 1.91. The third kappa shape index (κ3) is 4.99. The van der Waals surface area contributed by atoms with Crippen molar-refractivity contribution >= 4 is 29.0 Å². The van der Waals surface area contributed by atoms with E-state index in [0.29, 0.717) is 5.16 Å². The van der Waals surface area contributed by atoms with Crippen LogP contribution in [0.4, 0.5) is 11.4 Å². The largest absolute Gasteiger partial charge is 0.378 e. The molecule has 0 fully saturated rings. The number of aromatic nitrogens is 3. The van der Waals surface area contributed by atoms with Gasteiger partial charge in [-0.1, -0.05) is 18.7 Å². The van der Waals surface area contributed by atoms with Gasteiger partial charge in [-0.3, -0.25) is 9.89 Å². The Kier molecular flexibility index (Phi) is 6.04. The molecule has 7 heteroatoms. The molecule has 0 radical (unpaired) electrons. The number of rotatable bonds is 7. The normalized spacial score (nSPS) is 12.0. The summed E-state index contributed by atoms with van der Waals surface area (Å²) >= 11 is 1.35.